The van der Waals surface area contributed by atoms with Gasteiger partial charge in [-0.3, -0.25) is 0 Å². The molecular formula is C23H20Br2N2O. The Bertz CT molecular complexity index is 1110. The molecule has 2 atom stereocenters. The standard InChI is InChI=1S/C23H20Br2N2O/c1-13(2)23-27-21(18-10-17(24)11-19(25)22(18)28-23)12-20(26-27)16-8-7-14-5-3-4-6-15(14)9-16/h3-11,13,21,23H,12H2,1-2H3/t21-,23+/m1/s1. The minimum Gasteiger partial charge on any atom is -0.467 e. The molecule has 2 aliphatic heterocycles. The van der Waals surface area contributed by atoms with Crippen LogP contribution < -0.4 is 4.74 Å². The zero-order valence-corrected chi connectivity index (χ0v) is 18.9. The number of nitrogens with zero attached hydrogens (tertiary/aromatic N) is 2. The molecule has 0 aromatic heterocycles. The van der Waals surface area contributed by atoms with Crippen LogP contribution in [0.3, 0.4) is 0 Å². The highest BCUT2D eigenvalue weighted by atomic mass is 79.9. The van der Waals surface area contributed by atoms with Crippen LogP contribution in [0.2, 0.25) is 0 Å². The summed E-state index contributed by atoms with van der Waals surface area (Å²) in [5, 5.41) is 9.70. The maximum Gasteiger partial charge on any atom is 0.190 e. The van der Waals surface area contributed by atoms with E-state index in [2.05, 4.69) is 99.2 Å². The lowest BCUT2D eigenvalue weighted by Gasteiger charge is -2.40. The Labute approximate surface area is 181 Å². The quantitative estimate of drug-likeness (QED) is 0.383. The van der Waals surface area contributed by atoms with Gasteiger partial charge in [-0.2, -0.15) is 5.10 Å². The predicted octanol–water partition coefficient (Wildman–Crippen LogP) is 6.89. The lowest BCUT2D eigenvalue weighted by atomic mass is 9.94. The third-order valence-corrected chi connectivity index (χ3v) is 6.54. The van der Waals surface area contributed by atoms with Crippen LogP contribution in [0.4, 0.5) is 0 Å². The maximum absolute atomic E-state index is 6.40. The van der Waals surface area contributed by atoms with Crippen molar-refractivity contribution >= 4 is 48.3 Å². The molecular weight excluding hydrogens is 480 g/mol. The SMILES string of the molecule is CC(C)[C@@H]1Oc2c(Br)cc(Br)cc2[C@H]2CC(c3ccc4ccccc4c3)=NN21. The Kier molecular flexibility index (Phi) is 4.48. The molecule has 0 N–H and O–H groups in total. The molecule has 142 valence electrons. The van der Waals surface area contributed by atoms with E-state index in [1.807, 2.05) is 6.07 Å². The van der Waals surface area contributed by atoms with Crippen molar-refractivity contribution in [2.24, 2.45) is 11.0 Å². The number of hydrogen-bond acceptors (Lipinski definition) is 3. The first-order chi connectivity index (χ1) is 13.5. The number of rotatable bonds is 2. The van der Waals surface area contributed by atoms with Gasteiger partial charge in [-0.1, -0.05) is 66.2 Å². The van der Waals surface area contributed by atoms with Crippen molar-refractivity contribution in [1.82, 2.24) is 5.01 Å². The fourth-order valence-electron chi connectivity index (χ4n) is 4.13. The number of fused-ring (bicyclic) bond motifs is 4. The summed E-state index contributed by atoms with van der Waals surface area (Å²) >= 11 is 7.31. The topological polar surface area (TPSA) is 24.8 Å². The Morgan fingerprint density at radius 2 is 1.82 bits per heavy atom. The fourth-order valence-corrected chi connectivity index (χ4v) is 5.48. The molecule has 0 radical (unpaired) electrons. The second-order valence-corrected chi connectivity index (χ2v) is 9.54. The van der Waals surface area contributed by atoms with Crippen molar-refractivity contribution in [2.75, 3.05) is 0 Å². The van der Waals surface area contributed by atoms with Crippen molar-refractivity contribution in [1.29, 1.82) is 0 Å². The van der Waals surface area contributed by atoms with Gasteiger partial charge in [0.1, 0.15) is 5.75 Å². The minimum absolute atomic E-state index is 0.0760. The predicted molar refractivity (Wildman–Crippen MR) is 121 cm³/mol. The summed E-state index contributed by atoms with van der Waals surface area (Å²) in [7, 11) is 0. The largest absolute Gasteiger partial charge is 0.467 e. The average molecular weight is 500 g/mol. The second-order valence-electron chi connectivity index (χ2n) is 7.77. The molecule has 0 spiro atoms. The minimum atomic E-state index is -0.0760. The highest BCUT2D eigenvalue weighted by Gasteiger charge is 2.42. The van der Waals surface area contributed by atoms with Crippen molar-refractivity contribution in [2.45, 2.75) is 32.5 Å². The fraction of sp³-hybridized carbons (Fsp3) is 0.261. The smallest absolute Gasteiger partial charge is 0.190 e. The molecule has 3 aromatic rings. The van der Waals surface area contributed by atoms with Crippen LogP contribution in [0.15, 0.2) is 68.6 Å². The molecule has 0 saturated carbocycles. The van der Waals surface area contributed by atoms with E-state index >= 15 is 0 Å². The summed E-state index contributed by atoms with van der Waals surface area (Å²) in [5.41, 5.74) is 3.48. The first-order valence-corrected chi connectivity index (χ1v) is 11.1. The summed E-state index contributed by atoms with van der Waals surface area (Å²) in [5.74, 6) is 1.27. The molecule has 0 bridgehead atoms. The molecule has 3 nitrogen and oxygen atoms in total. The van der Waals surface area contributed by atoms with Crippen LogP contribution in [0.1, 0.15) is 37.4 Å². The molecule has 3 aromatic carbocycles. The van der Waals surface area contributed by atoms with Crippen molar-refractivity contribution in [3.63, 3.8) is 0 Å². The van der Waals surface area contributed by atoms with E-state index in [1.54, 1.807) is 0 Å². The monoisotopic (exact) mass is 498 g/mol. The molecule has 28 heavy (non-hydrogen) atoms. The summed E-state index contributed by atoms with van der Waals surface area (Å²) in [6.07, 6.45) is 0.800. The highest BCUT2D eigenvalue weighted by molar-refractivity contribution is 9.11. The average Bonchev–Trinajstić information content (AvgIpc) is 3.12. The third-order valence-electron chi connectivity index (χ3n) is 5.49. The summed E-state index contributed by atoms with van der Waals surface area (Å²) in [4.78, 5) is 0. The van der Waals surface area contributed by atoms with Crippen molar-refractivity contribution in [3.8, 4) is 5.75 Å². The summed E-state index contributed by atoms with van der Waals surface area (Å²) < 4.78 is 8.43. The van der Waals surface area contributed by atoms with Crippen molar-refractivity contribution in [3.05, 3.63) is 74.7 Å². The third kappa shape index (κ3) is 2.96. The summed E-state index contributed by atoms with van der Waals surface area (Å²) in [6.45, 7) is 4.37. The van der Waals surface area contributed by atoms with Gasteiger partial charge >= 0.3 is 0 Å². The Balaban J connectivity index is 1.59. The molecule has 2 heterocycles. The van der Waals surface area contributed by atoms with Gasteiger partial charge < -0.3 is 4.74 Å². The van der Waals surface area contributed by atoms with Crippen LogP contribution in [0.25, 0.3) is 10.8 Å². The number of halogens is 2. The van der Waals surface area contributed by atoms with Crippen LogP contribution >= 0.6 is 31.9 Å². The lowest BCUT2D eigenvalue weighted by Crippen LogP contribution is -2.43. The van der Waals surface area contributed by atoms with E-state index in [9.17, 15) is 0 Å². The van der Waals surface area contributed by atoms with Gasteiger partial charge in [-0.15, -0.1) is 0 Å². The van der Waals surface area contributed by atoms with Gasteiger partial charge in [0, 0.05) is 22.4 Å². The molecule has 0 unspecified atom stereocenters. The van der Waals surface area contributed by atoms with Gasteiger partial charge in [-0.25, -0.2) is 5.01 Å². The Morgan fingerprint density at radius 3 is 2.61 bits per heavy atom. The second kappa shape index (κ2) is 6.89. The van der Waals surface area contributed by atoms with E-state index in [0.29, 0.717) is 5.92 Å². The van der Waals surface area contributed by atoms with Crippen molar-refractivity contribution < 1.29 is 4.74 Å². The molecule has 0 amide bonds. The van der Waals surface area contributed by atoms with E-state index in [-0.39, 0.29) is 12.3 Å². The van der Waals surface area contributed by atoms with E-state index in [4.69, 9.17) is 9.84 Å². The van der Waals surface area contributed by atoms with Gasteiger partial charge in [0.15, 0.2) is 6.23 Å². The van der Waals surface area contributed by atoms with Gasteiger partial charge in [-0.05, 0) is 50.5 Å². The zero-order chi connectivity index (χ0) is 19.4. The zero-order valence-electron chi connectivity index (χ0n) is 15.7. The van der Waals surface area contributed by atoms with E-state index in [0.717, 1.165) is 26.8 Å². The van der Waals surface area contributed by atoms with Crippen LogP contribution in [-0.2, 0) is 0 Å². The molecule has 0 saturated heterocycles. The Hall–Kier alpha value is -1.85. The number of ether oxygens (including phenoxy) is 1. The molecule has 5 rings (SSSR count). The molecule has 0 fully saturated rings. The summed E-state index contributed by atoms with van der Waals surface area (Å²) in [6, 6.07) is 19.5. The van der Waals surface area contributed by atoms with Gasteiger partial charge in [0.2, 0.25) is 0 Å². The first kappa shape index (κ1) is 18.2. The van der Waals surface area contributed by atoms with Crippen LogP contribution in [-0.4, -0.2) is 16.9 Å². The normalized spacial score (nSPS) is 20.8. The molecule has 5 heteroatoms. The van der Waals surface area contributed by atoms with Gasteiger partial charge in [0.25, 0.3) is 0 Å². The molecule has 0 aliphatic carbocycles. The number of hydrazone groups is 1. The number of hydrogen-bond donors (Lipinski definition) is 0. The van der Waals surface area contributed by atoms with Crippen LogP contribution in [0, 0.1) is 5.92 Å². The first-order valence-electron chi connectivity index (χ1n) is 9.52. The number of benzene rings is 3. The Morgan fingerprint density at radius 1 is 1.04 bits per heavy atom. The maximum atomic E-state index is 6.40. The van der Waals surface area contributed by atoms with Crippen LogP contribution in [0.5, 0.6) is 5.75 Å². The van der Waals surface area contributed by atoms with Gasteiger partial charge in [0.05, 0.1) is 16.2 Å². The highest BCUT2D eigenvalue weighted by Crippen LogP contribution is 2.48. The van der Waals surface area contributed by atoms with E-state index < -0.39 is 0 Å². The van der Waals surface area contributed by atoms with E-state index in [1.165, 1.54) is 21.9 Å². The lowest BCUT2D eigenvalue weighted by molar-refractivity contribution is -0.0467. The molecule has 2 aliphatic rings.